The van der Waals surface area contributed by atoms with Crippen molar-refractivity contribution in [3.8, 4) is 0 Å². The zero-order valence-electron chi connectivity index (χ0n) is 14.5. The Morgan fingerprint density at radius 1 is 1.19 bits per heavy atom. The lowest BCUT2D eigenvalue weighted by atomic mass is 9.96. The lowest BCUT2D eigenvalue weighted by Crippen LogP contribution is -2.43. The Morgan fingerprint density at radius 2 is 1.92 bits per heavy atom. The number of nitrogens with one attached hydrogen (secondary N) is 1. The average Bonchev–Trinajstić information content (AvgIpc) is 2.65. The fraction of sp³-hybridized carbons (Fsp3) is 0.300. The first-order valence-corrected chi connectivity index (χ1v) is 8.93. The molecule has 6 heteroatoms. The van der Waals surface area contributed by atoms with Crippen LogP contribution in [0.2, 0.25) is 5.02 Å². The van der Waals surface area contributed by atoms with Gasteiger partial charge in [0.25, 0.3) is 5.91 Å². The van der Waals surface area contributed by atoms with Crippen molar-refractivity contribution in [2.45, 2.75) is 19.8 Å². The van der Waals surface area contributed by atoms with Crippen LogP contribution in [0.4, 0.5) is 10.1 Å². The summed E-state index contributed by atoms with van der Waals surface area (Å²) in [6.45, 7) is 2.63. The normalized spacial score (nSPS) is 17.0. The first-order chi connectivity index (χ1) is 12.4. The van der Waals surface area contributed by atoms with Gasteiger partial charge in [0, 0.05) is 29.4 Å². The van der Waals surface area contributed by atoms with Crippen LogP contribution in [0.15, 0.2) is 42.5 Å². The number of rotatable bonds is 3. The second-order valence-corrected chi connectivity index (χ2v) is 6.99. The summed E-state index contributed by atoms with van der Waals surface area (Å²) in [5, 5.41) is 3.32. The molecule has 1 heterocycles. The van der Waals surface area contributed by atoms with Crippen LogP contribution in [0.3, 0.4) is 0 Å². The molecule has 1 unspecified atom stereocenters. The fourth-order valence-electron chi connectivity index (χ4n) is 3.07. The van der Waals surface area contributed by atoms with Gasteiger partial charge >= 0.3 is 0 Å². The van der Waals surface area contributed by atoms with E-state index >= 15 is 0 Å². The maximum Gasteiger partial charge on any atom is 0.253 e. The second-order valence-electron chi connectivity index (χ2n) is 6.55. The number of likely N-dealkylation sites (tertiary alicyclic amines) is 1. The quantitative estimate of drug-likeness (QED) is 0.871. The number of hydrogen-bond donors (Lipinski definition) is 1. The number of carbonyl (C=O) groups is 2. The molecular formula is C20H20ClFN2O2. The molecule has 0 aromatic heterocycles. The van der Waals surface area contributed by atoms with Gasteiger partial charge in [-0.1, -0.05) is 17.7 Å². The van der Waals surface area contributed by atoms with Crippen molar-refractivity contribution in [3.63, 3.8) is 0 Å². The largest absolute Gasteiger partial charge is 0.338 e. The number of carbonyl (C=O) groups excluding carboxylic acids is 2. The van der Waals surface area contributed by atoms with Gasteiger partial charge < -0.3 is 10.2 Å². The Morgan fingerprint density at radius 3 is 2.62 bits per heavy atom. The molecular weight excluding hydrogens is 355 g/mol. The molecule has 2 aromatic carbocycles. The molecule has 4 nitrogen and oxygen atoms in total. The van der Waals surface area contributed by atoms with Crippen LogP contribution in [0.25, 0.3) is 0 Å². The highest BCUT2D eigenvalue weighted by atomic mass is 35.5. The molecule has 1 aliphatic rings. The third kappa shape index (κ3) is 4.22. The van der Waals surface area contributed by atoms with E-state index < -0.39 is 0 Å². The molecule has 2 aromatic rings. The SMILES string of the molecule is Cc1ccc(NC(=O)C2CCCN(C(=O)c3ccc(Cl)cc3)C2)cc1F. The Balaban J connectivity index is 1.65. The van der Waals surface area contributed by atoms with Gasteiger partial charge in [-0.05, 0) is 61.7 Å². The molecule has 26 heavy (non-hydrogen) atoms. The van der Waals surface area contributed by atoms with Crippen molar-refractivity contribution in [2.24, 2.45) is 5.92 Å². The third-order valence-electron chi connectivity index (χ3n) is 4.61. The van der Waals surface area contributed by atoms with Crippen LogP contribution in [-0.4, -0.2) is 29.8 Å². The van der Waals surface area contributed by atoms with Crippen LogP contribution in [-0.2, 0) is 4.79 Å². The minimum atomic E-state index is -0.356. The van der Waals surface area contributed by atoms with Crippen molar-refractivity contribution in [1.82, 2.24) is 4.90 Å². The standard InChI is InChI=1S/C20H20ClFN2O2/c1-13-4-9-17(11-18(13)22)23-19(25)15-3-2-10-24(12-15)20(26)14-5-7-16(21)8-6-14/h4-9,11,15H,2-3,10,12H2,1H3,(H,23,25). The Hall–Kier alpha value is -2.40. The van der Waals surface area contributed by atoms with Crippen LogP contribution >= 0.6 is 11.6 Å². The van der Waals surface area contributed by atoms with E-state index in [2.05, 4.69) is 5.32 Å². The maximum atomic E-state index is 13.6. The number of benzene rings is 2. The van der Waals surface area contributed by atoms with E-state index in [1.54, 1.807) is 48.2 Å². The summed E-state index contributed by atoms with van der Waals surface area (Å²) >= 11 is 5.86. The summed E-state index contributed by atoms with van der Waals surface area (Å²) in [5.74, 6) is -0.974. The molecule has 0 spiro atoms. The van der Waals surface area contributed by atoms with E-state index in [4.69, 9.17) is 11.6 Å². The van der Waals surface area contributed by atoms with E-state index in [-0.39, 0.29) is 23.5 Å². The minimum absolute atomic E-state index is 0.111. The molecule has 1 aliphatic heterocycles. The molecule has 0 saturated carbocycles. The second kappa shape index (κ2) is 7.87. The zero-order valence-corrected chi connectivity index (χ0v) is 15.2. The summed E-state index contributed by atoms with van der Waals surface area (Å²) in [7, 11) is 0. The lowest BCUT2D eigenvalue weighted by Gasteiger charge is -2.32. The molecule has 1 atom stereocenters. The van der Waals surface area contributed by atoms with Crippen LogP contribution in [0.5, 0.6) is 0 Å². The molecule has 0 bridgehead atoms. The van der Waals surface area contributed by atoms with Crippen molar-refractivity contribution < 1.29 is 14.0 Å². The number of nitrogens with zero attached hydrogens (tertiary/aromatic N) is 1. The minimum Gasteiger partial charge on any atom is -0.338 e. The fourth-order valence-corrected chi connectivity index (χ4v) is 3.19. The number of aryl methyl sites for hydroxylation is 1. The molecule has 1 fully saturated rings. The Kier molecular flexibility index (Phi) is 5.57. The van der Waals surface area contributed by atoms with Crippen molar-refractivity contribution in [1.29, 1.82) is 0 Å². The maximum absolute atomic E-state index is 13.6. The third-order valence-corrected chi connectivity index (χ3v) is 4.86. The first-order valence-electron chi connectivity index (χ1n) is 8.56. The van der Waals surface area contributed by atoms with Gasteiger partial charge in [0.1, 0.15) is 5.82 Å². The van der Waals surface area contributed by atoms with Crippen LogP contribution in [0, 0.1) is 18.7 Å². The summed E-state index contributed by atoms with van der Waals surface area (Å²) in [4.78, 5) is 26.8. The predicted molar refractivity (Wildman–Crippen MR) is 99.8 cm³/mol. The van der Waals surface area contributed by atoms with Gasteiger partial charge in [-0.2, -0.15) is 0 Å². The van der Waals surface area contributed by atoms with Gasteiger partial charge in [0.15, 0.2) is 0 Å². The molecule has 0 radical (unpaired) electrons. The Bertz CT molecular complexity index is 823. The molecule has 1 N–H and O–H groups in total. The summed E-state index contributed by atoms with van der Waals surface area (Å²) in [5.41, 5.74) is 1.51. The highest BCUT2D eigenvalue weighted by Crippen LogP contribution is 2.22. The van der Waals surface area contributed by atoms with Gasteiger partial charge in [-0.25, -0.2) is 4.39 Å². The number of anilines is 1. The smallest absolute Gasteiger partial charge is 0.253 e. The molecule has 1 saturated heterocycles. The number of halogens is 2. The molecule has 0 aliphatic carbocycles. The van der Waals surface area contributed by atoms with Crippen molar-refractivity contribution in [2.75, 3.05) is 18.4 Å². The van der Waals surface area contributed by atoms with E-state index in [0.717, 1.165) is 6.42 Å². The number of hydrogen-bond acceptors (Lipinski definition) is 2. The topological polar surface area (TPSA) is 49.4 Å². The number of amides is 2. The van der Waals surface area contributed by atoms with Gasteiger partial charge in [-0.3, -0.25) is 9.59 Å². The molecule has 2 amide bonds. The number of piperidine rings is 1. The zero-order chi connectivity index (χ0) is 18.7. The van der Waals surface area contributed by atoms with Crippen LogP contribution in [0.1, 0.15) is 28.8 Å². The van der Waals surface area contributed by atoms with E-state index in [0.29, 0.717) is 41.3 Å². The average molecular weight is 375 g/mol. The van der Waals surface area contributed by atoms with Gasteiger partial charge in [-0.15, -0.1) is 0 Å². The lowest BCUT2D eigenvalue weighted by molar-refractivity contribution is -0.121. The molecule has 3 rings (SSSR count). The van der Waals surface area contributed by atoms with E-state index in [1.165, 1.54) is 6.07 Å². The van der Waals surface area contributed by atoms with Crippen molar-refractivity contribution >= 4 is 29.1 Å². The van der Waals surface area contributed by atoms with Gasteiger partial charge in [0.2, 0.25) is 5.91 Å². The Labute approximate surface area is 157 Å². The summed E-state index contributed by atoms with van der Waals surface area (Å²) in [6, 6.07) is 11.3. The van der Waals surface area contributed by atoms with Crippen LogP contribution < -0.4 is 5.32 Å². The highest BCUT2D eigenvalue weighted by molar-refractivity contribution is 6.30. The van der Waals surface area contributed by atoms with E-state index in [9.17, 15) is 14.0 Å². The predicted octanol–water partition coefficient (Wildman–Crippen LogP) is 4.28. The monoisotopic (exact) mass is 374 g/mol. The summed E-state index contributed by atoms with van der Waals surface area (Å²) < 4.78 is 13.6. The van der Waals surface area contributed by atoms with Gasteiger partial charge in [0.05, 0.1) is 5.92 Å². The first kappa shape index (κ1) is 18.4. The molecule has 136 valence electrons. The highest BCUT2D eigenvalue weighted by Gasteiger charge is 2.29. The van der Waals surface area contributed by atoms with E-state index in [1.807, 2.05) is 0 Å². The van der Waals surface area contributed by atoms with Crippen molar-refractivity contribution in [3.05, 3.63) is 64.4 Å². The summed E-state index contributed by atoms with van der Waals surface area (Å²) in [6.07, 6.45) is 1.45.